The van der Waals surface area contributed by atoms with Crippen molar-refractivity contribution in [2.24, 2.45) is 0 Å². The zero-order valence-electron chi connectivity index (χ0n) is 14.9. The second-order valence-electron chi connectivity index (χ2n) is 6.67. The zero-order valence-corrected chi connectivity index (χ0v) is 14.9. The number of hydrogen-bond acceptors (Lipinski definition) is 4. The number of carbonyl (C=O) groups is 1. The van der Waals surface area contributed by atoms with E-state index in [0.717, 1.165) is 23.7 Å². The second kappa shape index (κ2) is 7.50. The molecule has 27 heavy (non-hydrogen) atoms. The van der Waals surface area contributed by atoms with Gasteiger partial charge in [-0.1, -0.05) is 18.2 Å². The van der Waals surface area contributed by atoms with E-state index < -0.39 is 0 Å². The minimum atomic E-state index is -0.0246. The molecule has 0 N–H and O–H groups in total. The van der Waals surface area contributed by atoms with Crippen LogP contribution in [0.5, 0.6) is 5.88 Å². The third-order valence-electron chi connectivity index (χ3n) is 4.95. The molecule has 1 saturated heterocycles. The molecule has 0 spiro atoms. The van der Waals surface area contributed by atoms with Crippen molar-refractivity contribution in [1.82, 2.24) is 14.5 Å². The van der Waals surface area contributed by atoms with Crippen LogP contribution in [0, 0.1) is 11.3 Å². The Morgan fingerprint density at radius 2 is 2.00 bits per heavy atom. The number of likely N-dealkylation sites (tertiary alicyclic amines) is 1. The lowest BCUT2D eigenvalue weighted by molar-refractivity contribution is -0.133. The summed E-state index contributed by atoms with van der Waals surface area (Å²) in [4.78, 5) is 18.7. The summed E-state index contributed by atoms with van der Waals surface area (Å²) in [5.74, 6) is 0.494. The first-order valence-electron chi connectivity index (χ1n) is 9.08. The predicted molar refractivity (Wildman–Crippen MR) is 101 cm³/mol. The molecular weight excluding hydrogens is 340 g/mol. The topological polar surface area (TPSA) is 71.2 Å². The average Bonchev–Trinajstić information content (AvgIpc) is 3.12. The molecule has 1 fully saturated rings. The summed E-state index contributed by atoms with van der Waals surface area (Å²) in [6.07, 6.45) is 5.03. The lowest BCUT2D eigenvalue weighted by Gasteiger charge is -2.32. The number of nitriles is 1. The Labute approximate surface area is 157 Å². The smallest absolute Gasteiger partial charge is 0.242 e. The van der Waals surface area contributed by atoms with E-state index in [0.29, 0.717) is 31.1 Å². The predicted octanol–water partition coefficient (Wildman–Crippen LogP) is 2.98. The Kier molecular flexibility index (Phi) is 4.75. The number of nitrogens with zero attached hydrogens (tertiary/aromatic N) is 4. The number of ether oxygens (including phenoxy) is 1. The molecule has 4 rings (SSSR count). The van der Waals surface area contributed by atoms with E-state index in [1.165, 1.54) is 0 Å². The number of aromatic nitrogens is 2. The first kappa shape index (κ1) is 17.1. The number of benzene rings is 1. The molecule has 1 aliphatic heterocycles. The van der Waals surface area contributed by atoms with E-state index in [1.807, 2.05) is 46.0 Å². The monoisotopic (exact) mass is 360 g/mol. The highest BCUT2D eigenvalue weighted by Crippen LogP contribution is 2.21. The Bertz CT molecular complexity index is 997. The molecule has 3 aromatic rings. The second-order valence-corrected chi connectivity index (χ2v) is 6.67. The van der Waals surface area contributed by atoms with E-state index in [-0.39, 0.29) is 12.0 Å². The van der Waals surface area contributed by atoms with Gasteiger partial charge in [0.1, 0.15) is 24.3 Å². The molecule has 6 heteroatoms. The third-order valence-corrected chi connectivity index (χ3v) is 4.95. The fraction of sp³-hybridized carbons (Fsp3) is 0.286. The van der Waals surface area contributed by atoms with Crippen molar-refractivity contribution in [3.05, 3.63) is 60.4 Å². The number of carbonyl (C=O) groups excluding carboxylic acids is 1. The van der Waals surface area contributed by atoms with Crippen LogP contribution in [0.4, 0.5) is 0 Å². The van der Waals surface area contributed by atoms with Crippen molar-refractivity contribution >= 4 is 16.8 Å². The minimum absolute atomic E-state index is 0.0246. The summed E-state index contributed by atoms with van der Waals surface area (Å²) in [5.41, 5.74) is 1.51. The molecule has 1 aromatic carbocycles. The van der Waals surface area contributed by atoms with Crippen LogP contribution in [-0.4, -0.2) is 39.6 Å². The van der Waals surface area contributed by atoms with E-state index >= 15 is 0 Å². The molecule has 2 aromatic heterocycles. The first-order valence-corrected chi connectivity index (χ1v) is 9.08. The number of fused-ring (bicyclic) bond motifs is 1. The van der Waals surface area contributed by atoms with Crippen LogP contribution in [0.3, 0.4) is 0 Å². The normalized spacial score (nSPS) is 14.9. The van der Waals surface area contributed by atoms with Crippen molar-refractivity contribution in [1.29, 1.82) is 5.26 Å². The third kappa shape index (κ3) is 3.63. The summed E-state index contributed by atoms with van der Waals surface area (Å²) in [5, 5.41) is 10.3. The van der Waals surface area contributed by atoms with E-state index in [9.17, 15) is 4.79 Å². The quantitative estimate of drug-likeness (QED) is 0.717. The molecule has 136 valence electrons. The van der Waals surface area contributed by atoms with Crippen molar-refractivity contribution < 1.29 is 9.53 Å². The zero-order chi connectivity index (χ0) is 18.6. The number of rotatable bonds is 4. The van der Waals surface area contributed by atoms with Gasteiger partial charge in [0.25, 0.3) is 0 Å². The molecule has 0 radical (unpaired) electrons. The van der Waals surface area contributed by atoms with Crippen LogP contribution in [0.25, 0.3) is 10.9 Å². The average molecular weight is 360 g/mol. The molecule has 0 atom stereocenters. The summed E-state index contributed by atoms with van der Waals surface area (Å²) in [6, 6.07) is 15.6. The number of pyridine rings is 1. The number of amides is 1. The maximum absolute atomic E-state index is 12.7. The molecular formula is C21H20N4O2. The van der Waals surface area contributed by atoms with Gasteiger partial charge in [-0.15, -0.1) is 0 Å². The van der Waals surface area contributed by atoms with Crippen LogP contribution in [-0.2, 0) is 11.3 Å². The minimum Gasteiger partial charge on any atom is -0.473 e. The summed E-state index contributed by atoms with van der Waals surface area (Å²) in [6.45, 7) is 1.65. The van der Waals surface area contributed by atoms with Gasteiger partial charge in [-0.05, 0) is 29.7 Å². The molecule has 1 amide bonds. The lowest BCUT2D eigenvalue weighted by atomic mass is 10.1. The molecule has 0 bridgehead atoms. The highest BCUT2D eigenvalue weighted by Gasteiger charge is 2.25. The standard InChI is InChI=1S/C21H20N4O2/c22-14-17-5-3-10-23-21(17)27-18-8-12-24(13-9-18)20(26)15-25-11-7-16-4-1-2-6-19(16)25/h1-7,10-11,18H,8-9,12-13,15H2. The van der Waals surface area contributed by atoms with E-state index in [4.69, 9.17) is 10.00 Å². The molecule has 0 unspecified atom stereocenters. The van der Waals surface area contributed by atoms with Crippen LogP contribution >= 0.6 is 0 Å². The maximum Gasteiger partial charge on any atom is 0.242 e. The van der Waals surface area contributed by atoms with Gasteiger partial charge in [-0.25, -0.2) is 4.98 Å². The SMILES string of the molecule is N#Cc1cccnc1OC1CCN(C(=O)Cn2ccc3ccccc32)CC1. The molecule has 0 saturated carbocycles. The van der Waals surface area contributed by atoms with Gasteiger partial charge in [-0.3, -0.25) is 4.79 Å². The maximum atomic E-state index is 12.7. The van der Waals surface area contributed by atoms with Gasteiger partial charge in [0.15, 0.2) is 0 Å². The number of piperidine rings is 1. The van der Waals surface area contributed by atoms with E-state index in [2.05, 4.69) is 11.1 Å². The van der Waals surface area contributed by atoms with Crippen molar-refractivity contribution in [2.45, 2.75) is 25.5 Å². The Morgan fingerprint density at radius 3 is 2.81 bits per heavy atom. The Hall–Kier alpha value is -3.33. The summed E-state index contributed by atoms with van der Waals surface area (Å²) >= 11 is 0. The lowest BCUT2D eigenvalue weighted by Crippen LogP contribution is -2.43. The van der Waals surface area contributed by atoms with Crippen molar-refractivity contribution in [3.8, 4) is 11.9 Å². The van der Waals surface area contributed by atoms with Crippen molar-refractivity contribution in [3.63, 3.8) is 0 Å². The highest BCUT2D eigenvalue weighted by molar-refractivity contribution is 5.83. The first-order chi connectivity index (χ1) is 13.2. The fourth-order valence-corrected chi connectivity index (χ4v) is 3.47. The van der Waals surface area contributed by atoms with Gasteiger partial charge in [0, 0.05) is 43.8 Å². The number of para-hydroxylation sites is 1. The van der Waals surface area contributed by atoms with Gasteiger partial charge in [-0.2, -0.15) is 5.26 Å². The van der Waals surface area contributed by atoms with Crippen LogP contribution < -0.4 is 4.74 Å². The fourth-order valence-electron chi connectivity index (χ4n) is 3.47. The molecule has 6 nitrogen and oxygen atoms in total. The van der Waals surface area contributed by atoms with Crippen LogP contribution in [0.15, 0.2) is 54.9 Å². The Balaban J connectivity index is 1.35. The van der Waals surface area contributed by atoms with Gasteiger partial charge < -0.3 is 14.2 Å². The summed E-state index contributed by atoms with van der Waals surface area (Å²) in [7, 11) is 0. The number of hydrogen-bond donors (Lipinski definition) is 0. The molecule has 3 heterocycles. The van der Waals surface area contributed by atoms with Crippen LogP contribution in [0.2, 0.25) is 0 Å². The Morgan fingerprint density at radius 1 is 1.19 bits per heavy atom. The van der Waals surface area contributed by atoms with E-state index in [1.54, 1.807) is 18.3 Å². The molecule has 1 aliphatic rings. The van der Waals surface area contributed by atoms with Gasteiger partial charge >= 0.3 is 0 Å². The van der Waals surface area contributed by atoms with Gasteiger partial charge in [0.2, 0.25) is 11.8 Å². The van der Waals surface area contributed by atoms with Gasteiger partial charge in [0.05, 0.1) is 0 Å². The van der Waals surface area contributed by atoms with Crippen molar-refractivity contribution in [2.75, 3.05) is 13.1 Å². The van der Waals surface area contributed by atoms with Crippen LogP contribution in [0.1, 0.15) is 18.4 Å². The summed E-state index contributed by atoms with van der Waals surface area (Å²) < 4.78 is 7.89. The largest absolute Gasteiger partial charge is 0.473 e. The highest BCUT2D eigenvalue weighted by atomic mass is 16.5. The molecule has 0 aliphatic carbocycles.